The fourth-order valence-corrected chi connectivity index (χ4v) is 1.85. The van der Waals surface area contributed by atoms with E-state index in [-0.39, 0.29) is 28.6 Å². The summed E-state index contributed by atoms with van der Waals surface area (Å²) in [6.07, 6.45) is 0.366. The van der Waals surface area contributed by atoms with Crippen LogP contribution in [0.15, 0.2) is 22.6 Å². The third-order valence-corrected chi connectivity index (χ3v) is 2.81. The Hall–Kier alpha value is -2.70. The lowest BCUT2D eigenvalue weighted by Gasteiger charge is -2.00. The van der Waals surface area contributed by atoms with Crippen LogP contribution in [0.3, 0.4) is 0 Å². The molecule has 0 saturated carbocycles. The zero-order valence-corrected chi connectivity index (χ0v) is 10.9. The van der Waals surface area contributed by atoms with E-state index in [0.29, 0.717) is 6.42 Å². The van der Waals surface area contributed by atoms with Crippen molar-refractivity contribution < 1.29 is 19.2 Å². The molecule has 1 N–H and O–H groups in total. The summed E-state index contributed by atoms with van der Waals surface area (Å²) in [5, 5.41) is 20.0. The van der Waals surface area contributed by atoms with Crippen LogP contribution in [-0.2, 0) is 6.42 Å². The number of aryl methyl sites for hydroxylation is 2. The Morgan fingerprint density at radius 1 is 1.50 bits per heavy atom. The molecule has 2 rings (SSSR count). The number of nitrogens with zero attached hydrogens (tertiary/aromatic N) is 2. The summed E-state index contributed by atoms with van der Waals surface area (Å²) in [6.45, 7) is 3.51. The van der Waals surface area contributed by atoms with Gasteiger partial charge < -0.3 is 9.52 Å². The van der Waals surface area contributed by atoms with Gasteiger partial charge in [-0.1, -0.05) is 13.0 Å². The summed E-state index contributed by atoms with van der Waals surface area (Å²) in [5.74, 6) is -1.57. The Labute approximate surface area is 114 Å². The van der Waals surface area contributed by atoms with Gasteiger partial charge in [-0.25, -0.2) is 9.78 Å². The number of hydrogen-bond donors (Lipinski definition) is 1. The Balaban J connectivity index is 2.65. The molecule has 1 aromatic carbocycles. The highest BCUT2D eigenvalue weighted by molar-refractivity contribution is 5.86. The zero-order valence-electron chi connectivity index (χ0n) is 10.9. The topological polar surface area (TPSA) is 106 Å². The lowest BCUT2D eigenvalue weighted by atomic mass is 10.1. The van der Waals surface area contributed by atoms with Gasteiger partial charge >= 0.3 is 5.97 Å². The number of carboxylic acid groups (broad SMARTS) is 1. The first-order valence-corrected chi connectivity index (χ1v) is 5.92. The maximum atomic E-state index is 11.0. The van der Waals surface area contributed by atoms with Crippen molar-refractivity contribution in [2.24, 2.45) is 0 Å². The molecule has 0 saturated heterocycles. The van der Waals surface area contributed by atoms with E-state index in [4.69, 9.17) is 9.52 Å². The summed E-state index contributed by atoms with van der Waals surface area (Å²) in [4.78, 5) is 25.6. The van der Waals surface area contributed by atoms with Crippen LogP contribution in [0, 0.1) is 17.0 Å². The van der Waals surface area contributed by atoms with Crippen LogP contribution in [0.5, 0.6) is 0 Å². The molecule has 0 fully saturated rings. The van der Waals surface area contributed by atoms with Crippen LogP contribution in [0.4, 0.5) is 5.69 Å². The number of rotatable bonds is 4. The number of nitro benzene ring substituents is 1. The quantitative estimate of drug-likeness (QED) is 0.679. The van der Waals surface area contributed by atoms with Crippen molar-refractivity contribution >= 4 is 11.7 Å². The predicted molar refractivity (Wildman–Crippen MR) is 69.7 cm³/mol. The zero-order chi connectivity index (χ0) is 14.9. The van der Waals surface area contributed by atoms with Crippen LogP contribution in [-0.4, -0.2) is 21.0 Å². The van der Waals surface area contributed by atoms with E-state index >= 15 is 0 Å². The molecule has 1 aromatic heterocycles. The van der Waals surface area contributed by atoms with Gasteiger partial charge in [0, 0.05) is 6.07 Å². The fourth-order valence-electron chi connectivity index (χ4n) is 1.85. The van der Waals surface area contributed by atoms with Crippen molar-refractivity contribution in [3.05, 3.63) is 45.3 Å². The Morgan fingerprint density at radius 2 is 2.20 bits per heavy atom. The number of benzene rings is 1. The molecule has 0 aliphatic carbocycles. The number of carboxylic acids is 1. The van der Waals surface area contributed by atoms with E-state index in [0.717, 1.165) is 5.56 Å². The van der Waals surface area contributed by atoms with Gasteiger partial charge in [0.15, 0.2) is 0 Å². The van der Waals surface area contributed by atoms with Crippen LogP contribution in [0.2, 0.25) is 0 Å². The lowest BCUT2D eigenvalue weighted by molar-refractivity contribution is -0.384. The smallest absolute Gasteiger partial charge is 0.373 e. The van der Waals surface area contributed by atoms with Gasteiger partial charge in [-0.15, -0.1) is 0 Å². The molecule has 1 heterocycles. The number of carbonyl (C=O) groups is 1. The molecule has 7 heteroatoms. The van der Waals surface area contributed by atoms with Gasteiger partial charge in [0.2, 0.25) is 11.7 Å². The molecule has 0 atom stereocenters. The van der Waals surface area contributed by atoms with E-state index in [1.165, 1.54) is 6.07 Å². The number of oxazole rings is 1. The molecule has 0 unspecified atom stereocenters. The molecule has 104 valence electrons. The normalized spacial score (nSPS) is 10.5. The summed E-state index contributed by atoms with van der Waals surface area (Å²) >= 11 is 0. The van der Waals surface area contributed by atoms with Crippen molar-refractivity contribution in [1.82, 2.24) is 4.98 Å². The van der Waals surface area contributed by atoms with Crippen molar-refractivity contribution in [1.29, 1.82) is 0 Å². The first kappa shape index (κ1) is 13.7. The molecule has 20 heavy (non-hydrogen) atoms. The fraction of sp³-hybridized carbons (Fsp3) is 0.231. The second-order valence-electron chi connectivity index (χ2n) is 4.23. The number of nitro groups is 1. The van der Waals surface area contributed by atoms with Gasteiger partial charge in [0.25, 0.3) is 5.69 Å². The molecule has 0 aliphatic rings. The van der Waals surface area contributed by atoms with Gasteiger partial charge in [-0.3, -0.25) is 10.1 Å². The minimum absolute atomic E-state index is 0.0466. The highest BCUT2D eigenvalue weighted by Crippen LogP contribution is 2.31. The molecule has 2 aromatic rings. The first-order chi connectivity index (χ1) is 9.43. The molecule has 0 amide bonds. The minimum Gasteiger partial charge on any atom is -0.475 e. The average Bonchev–Trinajstić information content (AvgIpc) is 2.82. The molecule has 0 aliphatic heterocycles. The maximum absolute atomic E-state index is 11.0. The van der Waals surface area contributed by atoms with Crippen LogP contribution in [0.25, 0.3) is 11.5 Å². The van der Waals surface area contributed by atoms with Crippen LogP contribution >= 0.6 is 0 Å². The summed E-state index contributed by atoms with van der Waals surface area (Å²) in [5.41, 5.74) is 1.07. The van der Waals surface area contributed by atoms with Gasteiger partial charge in [0.05, 0.1) is 10.6 Å². The van der Waals surface area contributed by atoms with Crippen LogP contribution < -0.4 is 0 Å². The summed E-state index contributed by atoms with van der Waals surface area (Å²) < 4.78 is 5.18. The highest BCUT2D eigenvalue weighted by atomic mass is 16.6. The largest absolute Gasteiger partial charge is 0.475 e. The molecular weight excluding hydrogens is 264 g/mol. The van der Waals surface area contributed by atoms with E-state index in [2.05, 4.69) is 4.98 Å². The van der Waals surface area contributed by atoms with Gasteiger partial charge in [-0.2, -0.15) is 0 Å². The van der Waals surface area contributed by atoms with E-state index in [1.807, 2.05) is 0 Å². The Bertz CT molecular complexity index is 690. The van der Waals surface area contributed by atoms with E-state index in [9.17, 15) is 14.9 Å². The number of aromatic nitrogens is 1. The molecule has 7 nitrogen and oxygen atoms in total. The van der Waals surface area contributed by atoms with Crippen molar-refractivity contribution in [3.8, 4) is 11.5 Å². The third kappa shape index (κ3) is 2.37. The van der Waals surface area contributed by atoms with Crippen molar-refractivity contribution in [3.63, 3.8) is 0 Å². The lowest BCUT2D eigenvalue weighted by Crippen LogP contribution is -1.98. The monoisotopic (exact) mass is 276 g/mol. The predicted octanol–water partition coefficient (Wildman–Crippen LogP) is 2.82. The maximum Gasteiger partial charge on any atom is 0.373 e. The molecular formula is C13H12N2O5. The standard InChI is InChI=1S/C13H12N2O5/c1-3-9-11(13(16)17)20-12(14-9)8-6-7(2)4-5-10(8)15(18)19/h4-6H,3H2,1-2H3,(H,16,17). The van der Waals surface area contributed by atoms with Crippen molar-refractivity contribution in [2.45, 2.75) is 20.3 Å². The molecule has 0 radical (unpaired) electrons. The summed E-state index contributed by atoms with van der Waals surface area (Å²) in [6, 6.07) is 4.50. The number of aromatic carboxylic acids is 1. The SMILES string of the molecule is CCc1nc(-c2cc(C)ccc2[N+](=O)[O-])oc1C(=O)O. The molecule has 0 spiro atoms. The van der Waals surface area contributed by atoms with Crippen LogP contribution in [0.1, 0.15) is 28.7 Å². The second-order valence-corrected chi connectivity index (χ2v) is 4.23. The van der Waals surface area contributed by atoms with E-state index in [1.54, 1.807) is 26.0 Å². The van der Waals surface area contributed by atoms with Gasteiger partial charge in [-0.05, 0) is 25.0 Å². The minimum atomic E-state index is -1.24. The van der Waals surface area contributed by atoms with Crippen molar-refractivity contribution in [2.75, 3.05) is 0 Å². The van der Waals surface area contributed by atoms with Gasteiger partial charge in [0.1, 0.15) is 5.56 Å². The Morgan fingerprint density at radius 3 is 2.70 bits per heavy atom. The third-order valence-electron chi connectivity index (χ3n) is 2.81. The highest BCUT2D eigenvalue weighted by Gasteiger charge is 2.24. The second kappa shape index (κ2) is 5.12. The average molecular weight is 276 g/mol. The Kier molecular flexibility index (Phi) is 3.51. The summed E-state index contributed by atoms with van der Waals surface area (Å²) in [7, 11) is 0. The first-order valence-electron chi connectivity index (χ1n) is 5.92. The van der Waals surface area contributed by atoms with E-state index < -0.39 is 10.9 Å². The number of hydrogen-bond acceptors (Lipinski definition) is 5. The molecule has 0 bridgehead atoms.